The fraction of sp³-hybridized carbons (Fsp3) is 0.818. The van der Waals surface area contributed by atoms with E-state index in [1.165, 1.54) is 44.2 Å². The molecule has 0 aromatic rings. The molecule has 82 valence electrons. The fourth-order valence-corrected chi connectivity index (χ4v) is 1.63. The standard InChI is InChI=1S/C11H23N3/c1-3-5-6-7-8-11-10-14(9-4-2)13-12-11/h10,12-13H,3-9H2,1-2H3. The summed E-state index contributed by atoms with van der Waals surface area (Å²) in [4.78, 5) is 0. The van der Waals surface area contributed by atoms with Gasteiger partial charge >= 0.3 is 0 Å². The SMILES string of the molecule is CCCCCCC1=CN(CCC)NN1. The van der Waals surface area contributed by atoms with Gasteiger partial charge in [-0.1, -0.05) is 33.1 Å². The van der Waals surface area contributed by atoms with Crippen LogP contribution >= 0.6 is 0 Å². The Morgan fingerprint density at radius 1 is 1.14 bits per heavy atom. The lowest BCUT2D eigenvalue weighted by Crippen LogP contribution is -2.36. The van der Waals surface area contributed by atoms with E-state index >= 15 is 0 Å². The van der Waals surface area contributed by atoms with E-state index in [0.717, 1.165) is 6.54 Å². The predicted octanol–water partition coefficient (Wildman–Crippen LogP) is 2.53. The second-order valence-corrected chi connectivity index (χ2v) is 3.90. The van der Waals surface area contributed by atoms with Crippen LogP contribution in [0.25, 0.3) is 0 Å². The summed E-state index contributed by atoms with van der Waals surface area (Å²) in [7, 11) is 0. The highest BCUT2D eigenvalue weighted by atomic mass is 15.7. The van der Waals surface area contributed by atoms with E-state index in [4.69, 9.17) is 0 Å². The van der Waals surface area contributed by atoms with Crippen molar-refractivity contribution in [3.8, 4) is 0 Å². The largest absolute Gasteiger partial charge is 0.306 e. The van der Waals surface area contributed by atoms with Crippen molar-refractivity contribution in [2.24, 2.45) is 0 Å². The van der Waals surface area contributed by atoms with Crippen molar-refractivity contribution in [2.45, 2.75) is 52.4 Å². The summed E-state index contributed by atoms with van der Waals surface area (Å²) in [5, 5.41) is 2.12. The summed E-state index contributed by atoms with van der Waals surface area (Å²) in [5.41, 5.74) is 7.67. The van der Waals surface area contributed by atoms with E-state index < -0.39 is 0 Å². The minimum Gasteiger partial charge on any atom is -0.306 e. The maximum absolute atomic E-state index is 3.21. The lowest BCUT2D eigenvalue weighted by molar-refractivity contribution is 0.271. The summed E-state index contributed by atoms with van der Waals surface area (Å²) in [6.45, 7) is 5.51. The Morgan fingerprint density at radius 3 is 2.71 bits per heavy atom. The molecule has 0 saturated heterocycles. The van der Waals surface area contributed by atoms with E-state index in [0.29, 0.717) is 0 Å². The summed E-state index contributed by atoms with van der Waals surface area (Å²) >= 11 is 0. The molecule has 1 rings (SSSR count). The molecule has 1 aliphatic rings. The minimum atomic E-state index is 1.07. The molecule has 0 aromatic carbocycles. The van der Waals surface area contributed by atoms with Gasteiger partial charge in [0.1, 0.15) is 0 Å². The first kappa shape index (κ1) is 11.4. The molecule has 2 N–H and O–H groups in total. The Morgan fingerprint density at radius 2 is 2.00 bits per heavy atom. The number of unbranched alkanes of at least 4 members (excludes halogenated alkanes) is 3. The van der Waals surface area contributed by atoms with Crippen LogP contribution in [0.4, 0.5) is 0 Å². The van der Waals surface area contributed by atoms with Gasteiger partial charge in [0.05, 0.1) is 0 Å². The monoisotopic (exact) mass is 197 g/mol. The first-order valence-electron chi connectivity index (χ1n) is 5.85. The quantitative estimate of drug-likeness (QED) is 0.614. The molecule has 0 bridgehead atoms. The Labute approximate surface area is 87.5 Å². The average Bonchev–Trinajstić information content (AvgIpc) is 2.61. The lowest BCUT2D eigenvalue weighted by atomic mass is 10.1. The predicted molar refractivity (Wildman–Crippen MR) is 60.1 cm³/mol. The van der Waals surface area contributed by atoms with Gasteiger partial charge < -0.3 is 5.43 Å². The Bertz CT molecular complexity index is 177. The van der Waals surface area contributed by atoms with Crippen LogP contribution in [0, 0.1) is 0 Å². The lowest BCUT2D eigenvalue weighted by Gasteiger charge is -2.12. The number of hydrogen-bond donors (Lipinski definition) is 2. The van der Waals surface area contributed by atoms with Gasteiger partial charge in [-0.25, -0.2) is 0 Å². The zero-order valence-corrected chi connectivity index (χ0v) is 9.47. The number of nitrogens with zero attached hydrogens (tertiary/aromatic N) is 1. The van der Waals surface area contributed by atoms with Crippen LogP contribution in [0.2, 0.25) is 0 Å². The maximum Gasteiger partial charge on any atom is 0.0453 e. The number of rotatable bonds is 7. The zero-order valence-electron chi connectivity index (χ0n) is 9.47. The number of hydrogen-bond acceptors (Lipinski definition) is 3. The zero-order chi connectivity index (χ0) is 10.2. The molecule has 0 amide bonds. The third kappa shape index (κ3) is 4.01. The van der Waals surface area contributed by atoms with Gasteiger partial charge in [0.25, 0.3) is 0 Å². The summed E-state index contributed by atoms with van der Waals surface area (Å²) in [6, 6.07) is 0. The van der Waals surface area contributed by atoms with Crippen molar-refractivity contribution in [3.63, 3.8) is 0 Å². The van der Waals surface area contributed by atoms with Gasteiger partial charge in [-0.2, -0.15) is 0 Å². The second-order valence-electron chi connectivity index (χ2n) is 3.90. The molecular formula is C11H23N3. The highest BCUT2D eigenvalue weighted by Crippen LogP contribution is 2.10. The summed E-state index contributed by atoms with van der Waals surface area (Å²) in [5.74, 6) is 0. The van der Waals surface area contributed by atoms with Gasteiger partial charge in [0.15, 0.2) is 0 Å². The molecule has 0 radical (unpaired) electrons. The van der Waals surface area contributed by atoms with E-state index in [1.807, 2.05) is 0 Å². The summed E-state index contributed by atoms with van der Waals surface area (Å²) < 4.78 is 0. The van der Waals surface area contributed by atoms with Crippen molar-refractivity contribution in [1.29, 1.82) is 0 Å². The second kappa shape index (κ2) is 6.71. The molecule has 3 nitrogen and oxygen atoms in total. The van der Waals surface area contributed by atoms with E-state index in [-0.39, 0.29) is 0 Å². The normalized spacial score (nSPS) is 15.6. The molecule has 0 aliphatic carbocycles. The first-order valence-corrected chi connectivity index (χ1v) is 5.85. The van der Waals surface area contributed by atoms with Crippen molar-refractivity contribution >= 4 is 0 Å². The topological polar surface area (TPSA) is 27.3 Å². The summed E-state index contributed by atoms with van der Waals surface area (Å²) in [6.07, 6.45) is 9.86. The van der Waals surface area contributed by atoms with Crippen molar-refractivity contribution in [1.82, 2.24) is 16.0 Å². The van der Waals surface area contributed by atoms with Crippen molar-refractivity contribution in [2.75, 3.05) is 6.54 Å². The molecule has 1 heterocycles. The fourth-order valence-electron chi connectivity index (χ4n) is 1.63. The molecule has 0 spiro atoms. The minimum absolute atomic E-state index is 1.07. The van der Waals surface area contributed by atoms with Gasteiger partial charge in [-0.05, 0) is 19.3 Å². The van der Waals surface area contributed by atoms with Crippen LogP contribution in [0.15, 0.2) is 11.9 Å². The Kier molecular flexibility index (Phi) is 5.45. The van der Waals surface area contributed by atoms with Crippen LogP contribution in [0.1, 0.15) is 52.4 Å². The molecule has 1 aliphatic heterocycles. The molecule has 0 unspecified atom stereocenters. The number of nitrogens with one attached hydrogen (secondary N) is 2. The molecule has 14 heavy (non-hydrogen) atoms. The maximum atomic E-state index is 3.21. The third-order valence-electron chi connectivity index (χ3n) is 2.44. The number of hydrazine groups is 2. The van der Waals surface area contributed by atoms with E-state index in [9.17, 15) is 0 Å². The number of allylic oxidation sites excluding steroid dienone is 1. The molecule has 0 atom stereocenters. The molecule has 0 saturated carbocycles. The van der Waals surface area contributed by atoms with Gasteiger partial charge in [-0.15, -0.1) is 5.53 Å². The average molecular weight is 197 g/mol. The van der Waals surface area contributed by atoms with Gasteiger partial charge in [0, 0.05) is 18.4 Å². The van der Waals surface area contributed by atoms with E-state index in [2.05, 4.69) is 36.0 Å². The highest BCUT2D eigenvalue weighted by Gasteiger charge is 2.08. The third-order valence-corrected chi connectivity index (χ3v) is 2.44. The van der Waals surface area contributed by atoms with Gasteiger partial charge in [-0.3, -0.25) is 5.01 Å². The Hall–Kier alpha value is -0.700. The van der Waals surface area contributed by atoms with Crippen LogP contribution in [0.3, 0.4) is 0 Å². The van der Waals surface area contributed by atoms with Crippen LogP contribution < -0.4 is 11.0 Å². The molecular weight excluding hydrogens is 174 g/mol. The van der Waals surface area contributed by atoms with Crippen molar-refractivity contribution in [3.05, 3.63) is 11.9 Å². The van der Waals surface area contributed by atoms with Crippen LogP contribution in [-0.2, 0) is 0 Å². The Balaban J connectivity index is 2.10. The molecule has 0 aromatic heterocycles. The van der Waals surface area contributed by atoms with E-state index in [1.54, 1.807) is 0 Å². The van der Waals surface area contributed by atoms with Crippen LogP contribution in [0.5, 0.6) is 0 Å². The highest BCUT2D eigenvalue weighted by molar-refractivity contribution is 5.01. The van der Waals surface area contributed by atoms with Crippen LogP contribution in [-0.4, -0.2) is 11.6 Å². The molecule has 3 heteroatoms. The van der Waals surface area contributed by atoms with Gasteiger partial charge in [0.2, 0.25) is 0 Å². The van der Waals surface area contributed by atoms with Crippen molar-refractivity contribution < 1.29 is 0 Å². The smallest absolute Gasteiger partial charge is 0.0453 e. The first-order chi connectivity index (χ1) is 6.86. The molecule has 0 fully saturated rings.